The Morgan fingerprint density at radius 3 is 3.00 bits per heavy atom. The fourth-order valence-electron chi connectivity index (χ4n) is 2.86. The molecule has 2 heterocycles. The summed E-state index contributed by atoms with van der Waals surface area (Å²) >= 11 is 5.92. The fourth-order valence-corrected chi connectivity index (χ4v) is 3.08. The molecule has 1 atom stereocenters. The van der Waals surface area contributed by atoms with E-state index in [9.17, 15) is 9.18 Å². The molecule has 5 nitrogen and oxygen atoms in total. The molecule has 26 heavy (non-hydrogen) atoms. The Hall–Kier alpha value is -1.89. The van der Waals surface area contributed by atoms with Gasteiger partial charge in [0, 0.05) is 32.0 Å². The lowest BCUT2D eigenvalue weighted by atomic mass is 10.0. The van der Waals surface area contributed by atoms with E-state index in [-0.39, 0.29) is 42.4 Å². The van der Waals surface area contributed by atoms with Gasteiger partial charge < -0.3 is 15.0 Å². The van der Waals surface area contributed by atoms with Gasteiger partial charge in [-0.2, -0.15) is 0 Å². The number of aromatic nitrogens is 1. The lowest BCUT2D eigenvalue weighted by molar-refractivity contribution is -0.135. The van der Waals surface area contributed by atoms with Crippen molar-refractivity contribution in [3.63, 3.8) is 0 Å². The third kappa shape index (κ3) is 5.06. The molecule has 1 aliphatic rings. The van der Waals surface area contributed by atoms with Crippen LogP contribution in [0.15, 0.2) is 42.7 Å². The minimum atomic E-state index is -0.423. The number of hydrogen-bond acceptors (Lipinski definition) is 4. The van der Waals surface area contributed by atoms with Crippen LogP contribution in [-0.2, 0) is 4.79 Å². The van der Waals surface area contributed by atoms with Gasteiger partial charge >= 0.3 is 0 Å². The summed E-state index contributed by atoms with van der Waals surface area (Å²) in [6.45, 7) is 2.28. The second kappa shape index (κ2) is 9.71. The van der Waals surface area contributed by atoms with E-state index in [1.807, 2.05) is 17.0 Å². The van der Waals surface area contributed by atoms with Crippen LogP contribution in [-0.4, -0.2) is 42.0 Å². The Bertz CT molecular complexity index is 734. The van der Waals surface area contributed by atoms with Crippen LogP contribution in [0.5, 0.6) is 5.75 Å². The van der Waals surface area contributed by atoms with Gasteiger partial charge in [-0.3, -0.25) is 9.78 Å². The topological polar surface area (TPSA) is 54.5 Å². The van der Waals surface area contributed by atoms with Crippen molar-refractivity contribution < 1.29 is 13.9 Å². The monoisotopic (exact) mass is 399 g/mol. The van der Waals surface area contributed by atoms with E-state index in [0.717, 1.165) is 12.1 Å². The quantitative estimate of drug-likeness (QED) is 0.838. The van der Waals surface area contributed by atoms with Crippen LogP contribution in [0.3, 0.4) is 0 Å². The summed E-state index contributed by atoms with van der Waals surface area (Å²) in [5, 5.41) is 3.50. The second-order valence-corrected chi connectivity index (χ2v) is 6.17. The van der Waals surface area contributed by atoms with E-state index >= 15 is 0 Å². The first-order chi connectivity index (χ1) is 12.1. The van der Waals surface area contributed by atoms with Crippen molar-refractivity contribution in [3.8, 4) is 5.75 Å². The number of ether oxygens (including phenoxy) is 1. The van der Waals surface area contributed by atoms with Gasteiger partial charge in [0.15, 0.2) is 0 Å². The lowest BCUT2D eigenvalue weighted by Crippen LogP contribution is -2.49. The normalized spacial score (nSPS) is 16.7. The molecule has 0 spiro atoms. The van der Waals surface area contributed by atoms with Gasteiger partial charge in [0.1, 0.15) is 11.6 Å². The van der Waals surface area contributed by atoms with Crippen molar-refractivity contribution in [3.05, 3.63) is 59.1 Å². The molecule has 1 N–H and O–H groups in total. The van der Waals surface area contributed by atoms with E-state index in [1.54, 1.807) is 12.4 Å². The molecule has 1 fully saturated rings. The summed E-state index contributed by atoms with van der Waals surface area (Å²) in [5.41, 5.74) is 1.01. The van der Waals surface area contributed by atoms with Crippen LogP contribution < -0.4 is 10.1 Å². The molecular formula is C18H20Cl2FN3O2. The van der Waals surface area contributed by atoms with Crippen LogP contribution in [0.1, 0.15) is 18.0 Å². The number of halogens is 3. The average Bonchev–Trinajstić information content (AvgIpc) is 2.64. The SMILES string of the molecule is Cl.O=C(CCOc1ccc(F)cc1Cl)N1CCNCC1c1cccnc1. The number of hydrogen-bond donors (Lipinski definition) is 1. The molecule has 1 unspecified atom stereocenters. The molecule has 1 amide bonds. The van der Waals surface area contributed by atoms with Gasteiger partial charge in [-0.15, -0.1) is 12.4 Å². The third-order valence-corrected chi connectivity index (χ3v) is 4.40. The fraction of sp³-hybridized carbons (Fsp3) is 0.333. The first-order valence-corrected chi connectivity index (χ1v) is 8.51. The molecule has 1 aliphatic heterocycles. The number of benzene rings is 1. The highest BCUT2D eigenvalue weighted by Gasteiger charge is 2.27. The van der Waals surface area contributed by atoms with Crippen molar-refractivity contribution in [2.24, 2.45) is 0 Å². The minimum Gasteiger partial charge on any atom is -0.491 e. The molecule has 8 heteroatoms. The van der Waals surface area contributed by atoms with E-state index in [2.05, 4.69) is 10.3 Å². The number of rotatable bonds is 5. The Morgan fingerprint density at radius 2 is 2.27 bits per heavy atom. The van der Waals surface area contributed by atoms with Gasteiger partial charge in [0.05, 0.1) is 24.1 Å². The van der Waals surface area contributed by atoms with Crippen molar-refractivity contribution >= 4 is 29.9 Å². The summed E-state index contributed by atoms with van der Waals surface area (Å²) in [6.07, 6.45) is 3.73. The standard InChI is InChI=1S/C18H19ClFN3O2.ClH/c19-15-10-14(20)3-4-17(15)25-9-5-18(24)23-8-7-22-12-16(23)13-2-1-6-21-11-13;/h1-4,6,10-11,16,22H,5,7-9,12H2;1H. The number of nitrogens with zero attached hydrogens (tertiary/aromatic N) is 2. The first-order valence-electron chi connectivity index (χ1n) is 8.13. The molecule has 2 aromatic rings. The second-order valence-electron chi connectivity index (χ2n) is 5.77. The number of pyridine rings is 1. The average molecular weight is 400 g/mol. The summed E-state index contributed by atoms with van der Waals surface area (Å²) in [7, 11) is 0. The third-order valence-electron chi connectivity index (χ3n) is 4.10. The highest BCUT2D eigenvalue weighted by Crippen LogP contribution is 2.26. The molecule has 140 valence electrons. The molecule has 1 aromatic heterocycles. The van der Waals surface area contributed by atoms with Gasteiger partial charge in [-0.25, -0.2) is 4.39 Å². The Kier molecular flexibility index (Phi) is 7.63. The number of carbonyl (C=O) groups is 1. The number of nitrogens with one attached hydrogen (secondary N) is 1. The summed E-state index contributed by atoms with van der Waals surface area (Å²) < 4.78 is 18.6. The maximum Gasteiger partial charge on any atom is 0.226 e. The van der Waals surface area contributed by atoms with Gasteiger partial charge in [-0.05, 0) is 29.8 Å². The van der Waals surface area contributed by atoms with Crippen LogP contribution in [0.2, 0.25) is 5.02 Å². The van der Waals surface area contributed by atoms with E-state index < -0.39 is 5.82 Å². The predicted octanol–water partition coefficient (Wildman–Crippen LogP) is 3.24. The number of piperazine rings is 1. The molecule has 0 saturated carbocycles. The van der Waals surface area contributed by atoms with Crippen molar-refractivity contribution in [1.82, 2.24) is 15.2 Å². The summed E-state index contributed by atoms with van der Waals surface area (Å²) in [4.78, 5) is 18.6. The van der Waals surface area contributed by atoms with Crippen LogP contribution in [0.4, 0.5) is 4.39 Å². The zero-order valence-electron chi connectivity index (χ0n) is 14.0. The molecular weight excluding hydrogens is 380 g/mol. The number of amides is 1. The largest absolute Gasteiger partial charge is 0.491 e. The number of carbonyl (C=O) groups excluding carboxylic acids is 1. The molecule has 3 rings (SSSR count). The smallest absolute Gasteiger partial charge is 0.226 e. The van der Waals surface area contributed by atoms with E-state index in [1.165, 1.54) is 18.2 Å². The Labute approximate surface area is 162 Å². The molecule has 1 saturated heterocycles. The molecule has 0 aliphatic carbocycles. The Morgan fingerprint density at radius 1 is 1.42 bits per heavy atom. The van der Waals surface area contributed by atoms with Crippen molar-refractivity contribution in [2.75, 3.05) is 26.2 Å². The van der Waals surface area contributed by atoms with Crippen LogP contribution in [0.25, 0.3) is 0 Å². The Balaban J connectivity index is 0.00000243. The van der Waals surface area contributed by atoms with Crippen molar-refractivity contribution in [1.29, 1.82) is 0 Å². The maximum absolute atomic E-state index is 13.0. The van der Waals surface area contributed by atoms with Crippen LogP contribution in [0, 0.1) is 5.82 Å². The lowest BCUT2D eigenvalue weighted by Gasteiger charge is -2.36. The minimum absolute atomic E-state index is 0. The highest BCUT2D eigenvalue weighted by molar-refractivity contribution is 6.32. The van der Waals surface area contributed by atoms with Gasteiger partial charge in [-0.1, -0.05) is 17.7 Å². The van der Waals surface area contributed by atoms with E-state index in [4.69, 9.17) is 16.3 Å². The molecule has 0 bridgehead atoms. The van der Waals surface area contributed by atoms with Gasteiger partial charge in [0.2, 0.25) is 5.91 Å². The van der Waals surface area contributed by atoms with Gasteiger partial charge in [0.25, 0.3) is 0 Å². The zero-order valence-corrected chi connectivity index (χ0v) is 15.6. The highest BCUT2D eigenvalue weighted by atomic mass is 35.5. The zero-order chi connectivity index (χ0) is 17.6. The van der Waals surface area contributed by atoms with Crippen molar-refractivity contribution in [2.45, 2.75) is 12.5 Å². The summed E-state index contributed by atoms with van der Waals surface area (Å²) in [5.74, 6) is -0.0397. The predicted molar refractivity (Wildman–Crippen MR) is 100 cm³/mol. The molecule has 1 aromatic carbocycles. The maximum atomic E-state index is 13.0. The first kappa shape index (κ1) is 20.4. The summed E-state index contributed by atoms with van der Waals surface area (Å²) in [6, 6.07) is 7.73. The molecule has 0 radical (unpaired) electrons. The van der Waals surface area contributed by atoms with E-state index in [0.29, 0.717) is 18.8 Å². The van der Waals surface area contributed by atoms with Crippen LogP contribution >= 0.6 is 24.0 Å².